The molecule has 0 fully saturated rings. The van der Waals surface area contributed by atoms with E-state index >= 15 is 0 Å². The van der Waals surface area contributed by atoms with Crippen LogP contribution in [0.5, 0.6) is 0 Å². The van der Waals surface area contributed by atoms with Crippen LogP contribution in [0.3, 0.4) is 0 Å². The topological polar surface area (TPSA) is 152 Å². The molecule has 0 aromatic heterocycles. The van der Waals surface area contributed by atoms with Crippen LogP contribution in [-0.2, 0) is 27.9 Å². The van der Waals surface area contributed by atoms with E-state index in [1.807, 2.05) is 0 Å². The number of hydrogen-bond acceptors (Lipinski definition) is 8. The Morgan fingerprint density at radius 2 is 1.02 bits per heavy atom. The number of esters is 1. The molecule has 2 unspecified atom stereocenters. The minimum absolute atomic E-state index is 0.0200. The molecule has 0 rings (SSSR count). The van der Waals surface area contributed by atoms with Crippen molar-refractivity contribution in [1.82, 2.24) is 5.32 Å². The van der Waals surface area contributed by atoms with Gasteiger partial charge in [0.15, 0.2) is 0 Å². The van der Waals surface area contributed by atoms with Gasteiger partial charge in [0.25, 0.3) is 0 Å². The molecule has 52 heavy (non-hydrogen) atoms. The second-order valence-electron chi connectivity index (χ2n) is 15.1. The fourth-order valence-electron chi connectivity index (χ4n) is 6.62. The minimum Gasteiger partial charge on any atom is -0.457 e. The Morgan fingerprint density at radius 3 is 1.38 bits per heavy atom. The highest BCUT2D eigenvalue weighted by molar-refractivity contribution is 7.47. The van der Waals surface area contributed by atoms with Gasteiger partial charge in [-0.05, 0) is 19.3 Å². The molecule has 0 saturated heterocycles. The van der Waals surface area contributed by atoms with Crippen molar-refractivity contribution in [2.24, 2.45) is 0 Å². The summed E-state index contributed by atoms with van der Waals surface area (Å²) in [4.78, 5) is 33.5. The number of phosphoric acid groups is 1. The Morgan fingerprint density at radius 1 is 0.635 bits per heavy atom. The maximum absolute atomic E-state index is 12.7. The van der Waals surface area contributed by atoms with Crippen molar-refractivity contribution in [3.05, 3.63) is 0 Å². The number of unbranched alkanes of at least 4 members (excludes halogenated alkanes) is 24. The first-order chi connectivity index (χ1) is 25.1. The van der Waals surface area contributed by atoms with Gasteiger partial charge in [0.05, 0.1) is 25.4 Å². The second kappa shape index (κ2) is 35.7. The molecule has 11 heteroatoms. The predicted octanol–water partition coefficient (Wildman–Crippen LogP) is 10.6. The summed E-state index contributed by atoms with van der Waals surface area (Å²) in [5.41, 5.74) is -0.956. The highest BCUT2D eigenvalue weighted by Crippen LogP contribution is 2.43. The van der Waals surface area contributed by atoms with Crippen LogP contribution in [0.15, 0.2) is 0 Å². The number of aliphatic hydroxyl groups is 2. The monoisotopic (exact) mass is 764 g/mol. The zero-order valence-corrected chi connectivity index (χ0v) is 34.8. The van der Waals surface area contributed by atoms with Crippen molar-refractivity contribution in [2.45, 2.75) is 225 Å². The molecular weight excluding hydrogens is 681 g/mol. The first kappa shape index (κ1) is 51.0. The Balaban J connectivity index is 4.60. The zero-order valence-electron chi connectivity index (χ0n) is 33.9. The van der Waals surface area contributed by atoms with Crippen molar-refractivity contribution in [1.29, 1.82) is 0 Å². The van der Waals surface area contributed by atoms with E-state index in [0.29, 0.717) is 12.8 Å². The molecule has 310 valence electrons. The molecule has 0 bridgehead atoms. The third kappa shape index (κ3) is 34.7. The van der Waals surface area contributed by atoms with Crippen molar-refractivity contribution < 1.29 is 43.0 Å². The van der Waals surface area contributed by atoms with Crippen LogP contribution in [0.2, 0.25) is 0 Å². The van der Waals surface area contributed by atoms with Gasteiger partial charge in [0.2, 0.25) is 5.91 Å². The summed E-state index contributed by atoms with van der Waals surface area (Å²) in [6.07, 6.45) is 33.2. The molecule has 0 aliphatic carbocycles. The lowest BCUT2D eigenvalue weighted by Crippen LogP contribution is -2.32. The lowest BCUT2D eigenvalue weighted by molar-refractivity contribution is -0.154. The van der Waals surface area contributed by atoms with Crippen LogP contribution >= 0.6 is 7.82 Å². The molecule has 0 spiro atoms. The van der Waals surface area contributed by atoms with E-state index in [1.165, 1.54) is 135 Å². The Bertz CT molecular complexity index is 877. The number of ether oxygens (including phenoxy) is 1. The van der Waals surface area contributed by atoms with E-state index < -0.39 is 38.7 Å². The lowest BCUT2D eigenvalue weighted by atomic mass is 9.85. The van der Waals surface area contributed by atoms with Crippen molar-refractivity contribution in [3.63, 3.8) is 0 Å². The smallest absolute Gasteiger partial charge is 0.457 e. The maximum Gasteiger partial charge on any atom is 0.472 e. The molecule has 0 heterocycles. The summed E-state index contributed by atoms with van der Waals surface area (Å²) in [6.45, 7) is 4.49. The van der Waals surface area contributed by atoms with Gasteiger partial charge in [0, 0.05) is 19.9 Å². The minimum atomic E-state index is -4.47. The van der Waals surface area contributed by atoms with E-state index in [-0.39, 0.29) is 31.9 Å². The van der Waals surface area contributed by atoms with Crippen LogP contribution in [0.1, 0.15) is 213 Å². The quantitative estimate of drug-likeness (QED) is 0.0271. The largest absolute Gasteiger partial charge is 0.472 e. The first-order valence-electron chi connectivity index (χ1n) is 21.5. The number of carbonyl (C=O) groups is 2. The fraction of sp³-hybridized carbons (Fsp3) is 0.951. The third-order valence-corrected chi connectivity index (χ3v) is 10.9. The van der Waals surface area contributed by atoms with E-state index in [1.54, 1.807) is 0 Å². The summed E-state index contributed by atoms with van der Waals surface area (Å²) in [6, 6.07) is 0. The summed E-state index contributed by atoms with van der Waals surface area (Å²) in [5.74, 6) is -0.902. The number of nitrogens with one attached hydrogen (secondary N) is 1. The van der Waals surface area contributed by atoms with Crippen molar-refractivity contribution in [2.75, 3.05) is 26.4 Å². The summed E-state index contributed by atoms with van der Waals surface area (Å²) >= 11 is 0. The number of phosphoric ester groups is 1. The predicted molar refractivity (Wildman–Crippen MR) is 212 cm³/mol. The molecular formula is C41H82NO9P. The number of rotatable bonds is 40. The Labute approximate surface area is 318 Å². The molecule has 10 nitrogen and oxygen atoms in total. The van der Waals surface area contributed by atoms with E-state index in [9.17, 15) is 29.3 Å². The highest BCUT2D eigenvalue weighted by Gasteiger charge is 2.29. The molecule has 0 aliphatic heterocycles. The van der Waals surface area contributed by atoms with Gasteiger partial charge in [-0.2, -0.15) is 0 Å². The van der Waals surface area contributed by atoms with Crippen LogP contribution < -0.4 is 5.32 Å². The second-order valence-corrected chi connectivity index (χ2v) is 16.5. The molecule has 0 radical (unpaired) electrons. The van der Waals surface area contributed by atoms with Crippen LogP contribution in [0, 0.1) is 0 Å². The third-order valence-electron chi connectivity index (χ3n) is 9.94. The van der Waals surface area contributed by atoms with Crippen LogP contribution in [0.4, 0.5) is 0 Å². The van der Waals surface area contributed by atoms with Gasteiger partial charge >= 0.3 is 13.8 Å². The number of amides is 1. The molecule has 0 saturated carbocycles. The van der Waals surface area contributed by atoms with E-state index in [4.69, 9.17) is 13.8 Å². The van der Waals surface area contributed by atoms with Crippen LogP contribution in [-0.4, -0.2) is 65.1 Å². The van der Waals surface area contributed by atoms with Gasteiger partial charge in [-0.1, -0.05) is 181 Å². The van der Waals surface area contributed by atoms with Gasteiger partial charge in [0.1, 0.15) is 6.10 Å². The summed E-state index contributed by atoms with van der Waals surface area (Å²) < 4.78 is 27.1. The number of carbonyl (C=O) groups excluding carboxylic acids is 2. The van der Waals surface area contributed by atoms with Gasteiger partial charge in [-0.3, -0.25) is 18.6 Å². The van der Waals surface area contributed by atoms with Gasteiger partial charge < -0.3 is 25.2 Å². The van der Waals surface area contributed by atoms with Crippen molar-refractivity contribution >= 4 is 19.7 Å². The molecule has 3 atom stereocenters. The molecule has 0 aromatic rings. The number of hydrogen-bond donors (Lipinski definition) is 4. The average molecular weight is 764 g/mol. The first-order valence-corrected chi connectivity index (χ1v) is 23.0. The Hall–Kier alpha value is -1.03. The van der Waals surface area contributed by atoms with E-state index in [2.05, 4.69) is 19.2 Å². The standard InChI is InChI=1S/C41H82NO9P/c1-4-6-8-10-12-14-16-18-19-21-23-25-27-29-32-41(46,31-28-26-24-22-20-17-15-13-11-9-7-5-2)33-30-40(45)51-39(36-43)37-50-52(47,48)49-35-34-42-38(3)44/h39,43,46H,4-37H2,1-3H3,(H,42,44)(H,47,48)/t39-,41?/m1/s1. The summed E-state index contributed by atoms with van der Waals surface area (Å²) in [5, 5.41) is 23.8. The molecule has 4 N–H and O–H groups in total. The van der Waals surface area contributed by atoms with Crippen LogP contribution in [0.25, 0.3) is 0 Å². The zero-order chi connectivity index (χ0) is 38.6. The normalized spacial score (nSPS) is 14.5. The SMILES string of the molecule is CCCCCCCCCCCCCCCCC(O)(CCCCCCCCCCCCCC)CCC(=O)O[C@H](CO)COP(=O)(O)OCCNC(C)=O. The molecule has 1 amide bonds. The molecule has 0 aliphatic rings. The average Bonchev–Trinajstić information content (AvgIpc) is 3.11. The Kier molecular flexibility index (Phi) is 35.0. The maximum atomic E-state index is 12.7. The van der Waals surface area contributed by atoms with E-state index in [0.717, 1.165) is 38.5 Å². The fourth-order valence-corrected chi connectivity index (χ4v) is 7.38. The highest BCUT2D eigenvalue weighted by atomic mass is 31.2. The number of aliphatic hydroxyl groups excluding tert-OH is 1. The molecule has 0 aromatic carbocycles. The van der Waals surface area contributed by atoms with Crippen molar-refractivity contribution in [3.8, 4) is 0 Å². The van der Waals surface area contributed by atoms with Gasteiger partial charge in [-0.15, -0.1) is 0 Å². The lowest BCUT2D eigenvalue weighted by Gasteiger charge is -2.28. The summed E-state index contributed by atoms with van der Waals surface area (Å²) in [7, 11) is -4.47. The van der Waals surface area contributed by atoms with Gasteiger partial charge in [-0.25, -0.2) is 4.57 Å².